The lowest BCUT2D eigenvalue weighted by atomic mass is 10.4. The Labute approximate surface area is 65.1 Å². The van der Waals surface area contributed by atoms with Gasteiger partial charge in [-0.2, -0.15) is 5.26 Å². The van der Waals surface area contributed by atoms with Crippen molar-refractivity contribution in [2.75, 3.05) is 26.2 Å². The van der Waals surface area contributed by atoms with E-state index in [2.05, 4.69) is 5.32 Å². The van der Waals surface area contributed by atoms with Crippen LogP contribution in [0.5, 0.6) is 0 Å². The SMILES string of the molecule is ClN1CCNCC1.N#CO. The van der Waals surface area contributed by atoms with Crippen molar-refractivity contribution in [2.45, 2.75) is 0 Å². The van der Waals surface area contributed by atoms with Crippen LogP contribution in [-0.4, -0.2) is 35.7 Å². The van der Waals surface area contributed by atoms with Gasteiger partial charge in [0, 0.05) is 26.2 Å². The average Bonchev–Trinajstić information content (AvgIpc) is 1.91. The van der Waals surface area contributed by atoms with Crippen LogP contribution < -0.4 is 5.32 Å². The first-order chi connectivity index (χ1) is 4.81. The van der Waals surface area contributed by atoms with E-state index in [-0.39, 0.29) is 0 Å². The van der Waals surface area contributed by atoms with Crippen molar-refractivity contribution >= 4 is 11.8 Å². The molecule has 0 unspecified atom stereocenters. The Hall–Kier alpha value is -0.500. The van der Waals surface area contributed by atoms with Gasteiger partial charge in [-0.15, -0.1) is 0 Å². The first kappa shape index (κ1) is 9.50. The third-order valence-corrected chi connectivity index (χ3v) is 1.40. The fraction of sp³-hybridized carbons (Fsp3) is 0.800. The zero-order valence-corrected chi connectivity index (χ0v) is 6.30. The minimum Gasteiger partial charge on any atom is -0.443 e. The van der Waals surface area contributed by atoms with Gasteiger partial charge in [-0.3, -0.25) is 0 Å². The molecule has 58 valence electrons. The van der Waals surface area contributed by atoms with Crippen LogP contribution >= 0.6 is 11.8 Å². The summed E-state index contributed by atoms with van der Waals surface area (Å²) >= 11 is 5.61. The van der Waals surface area contributed by atoms with E-state index in [1.54, 1.807) is 4.42 Å². The van der Waals surface area contributed by atoms with Crippen LogP contribution in [0.3, 0.4) is 0 Å². The Balaban J connectivity index is 0.000000236. The van der Waals surface area contributed by atoms with Gasteiger partial charge >= 0.3 is 0 Å². The number of aliphatic hydroxyl groups excluding tert-OH is 1. The summed E-state index contributed by atoms with van der Waals surface area (Å²) in [5.74, 6) is 0. The number of piperazine rings is 1. The lowest BCUT2D eigenvalue weighted by Crippen LogP contribution is -2.38. The van der Waals surface area contributed by atoms with Crippen molar-refractivity contribution in [1.82, 2.24) is 9.74 Å². The number of nitrogens with zero attached hydrogens (tertiary/aromatic N) is 2. The summed E-state index contributed by atoms with van der Waals surface area (Å²) in [6, 6.07) is 0. The standard InChI is InChI=1S/C4H9ClN2.CHNO/c5-7-3-1-6-2-4-7;2-1-3/h6H,1-4H2;3H. The molecule has 1 heterocycles. The molecule has 2 N–H and O–H groups in total. The molecule has 1 aliphatic heterocycles. The van der Waals surface area contributed by atoms with Crippen molar-refractivity contribution in [3.63, 3.8) is 0 Å². The molecule has 0 aromatic heterocycles. The minimum absolute atomic E-state index is 0.750. The molecule has 0 saturated carbocycles. The van der Waals surface area contributed by atoms with Crippen LogP contribution in [0.25, 0.3) is 0 Å². The first-order valence-corrected chi connectivity index (χ1v) is 3.29. The van der Waals surface area contributed by atoms with Crippen LogP contribution in [0.1, 0.15) is 0 Å². The summed E-state index contributed by atoms with van der Waals surface area (Å²) in [7, 11) is 0. The van der Waals surface area contributed by atoms with Crippen molar-refractivity contribution in [3.8, 4) is 6.26 Å². The lowest BCUT2D eigenvalue weighted by Gasteiger charge is -2.19. The molecule has 0 aromatic rings. The summed E-state index contributed by atoms with van der Waals surface area (Å²) in [4.78, 5) is 0. The van der Waals surface area contributed by atoms with Crippen LogP contribution in [0, 0.1) is 11.5 Å². The molecule has 0 aliphatic carbocycles. The van der Waals surface area contributed by atoms with Gasteiger partial charge in [0.2, 0.25) is 0 Å². The smallest absolute Gasteiger partial charge is 0.283 e. The van der Waals surface area contributed by atoms with E-state index >= 15 is 0 Å². The van der Waals surface area contributed by atoms with Gasteiger partial charge in [0.25, 0.3) is 6.26 Å². The number of hydrogen-bond acceptors (Lipinski definition) is 4. The molecule has 1 rings (SSSR count). The Morgan fingerprint density at radius 3 is 2.10 bits per heavy atom. The highest BCUT2D eigenvalue weighted by atomic mass is 35.5. The van der Waals surface area contributed by atoms with E-state index in [4.69, 9.17) is 22.1 Å². The zero-order valence-electron chi connectivity index (χ0n) is 5.55. The number of halogens is 1. The van der Waals surface area contributed by atoms with E-state index < -0.39 is 0 Å². The average molecular weight is 164 g/mol. The van der Waals surface area contributed by atoms with Crippen LogP contribution in [0.15, 0.2) is 0 Å². The van der Waals surface area contributed by atoms with Gasteiger partial charge in [-0.05, 0) is 11.8 Å². The molecule has 0 atom stereocenters. The molecule has 0 bridgehead atoms. The Kier molecular flexibility index (Phi) is 6.29. The number of nitriles is 1. The maximum absolute atomic E-state index is 6.88. The molecule has 0 radical (unpaired) electrons. The predicted octanol–water partition coefficient (Wildman–Crippen LogP) is -0.115. The highest BCUT2D eigenvalue weighted by Gasteiger charge is 2.03. The zero-order chi connectivity index (χ0) is 7.82. The predicted molar refractivity (Wildman–Crippen MR) is 37.8 cm³/mol. The summed E-state index contributed by atoms with van der Waals surface area (Å²) < 4.78 is 1.80. The molecular weight excluding hydrogens is 154 g/mol. The molecular formula is C5H10ClN3O. The maximum Gasteiger partial charge on any atom is 0.283 e. The fourth-order valence-corrected chi connectivity index (χ4v) is 0.807. The largest absolute Gasteiger partial charge is 0.443 e. The molecule has 0 spiro atoms. The second-order valence-corrected chi connectivity index (χ2v) is 2.24. The molecule has 0 aromatic carbocycles. The highest BCUT2D eigenvalue weighted by Crippen LogP contribution is 1.93. The van der Waals surface area contributed by atoms with E-state index in [1.807, 2.05) is 0 Å². The number of nitrogens with one attached hydrogen (secondary N) is 1. The van der Waals surface area contributed by atoms with E-state index in [0.717, 1.165) is 32.4 Å². The van der Waals surface area contributed by atoms with Gasteiger partial charge in [0.1, 0.15) is 0 Å². The fourth-order valence-electron chi connectivity index (χ4n) is 0.638. The third-order valence-electron chi connectivity index (χ3n) is 1.06. The van der Waals surface area contributed by atoms with E-state index in [0.29, 0.717) is 0 Å². The Bertz CT molecular complexity index is 108. The van der Waals surface area contributed by atoms with Crippen molar-refractivity contribution in [2.24, 2.45) is 0 Å². The summed E-state index contributed by atoms with van der Waals surface area (Å²) in [5.41, 5.74) is 0. The Morgan fingerprint density at radius 2 is 1.90 bits per heavy atom. The summed E-state index contributed by atoms with van der Waals surface area (Å²) in [6.07, 6.45) is 0.750. The molecule has 0 amide bonds. The molecule has 1 saturated heterocycles. The number of rotatable bonds is 0. The molecule has 1 fully saturated rings. The number of hydrogen-bond donors (Lipinski definition) is 2. The normalized spacial score (nSPS) is 18.4. The highest BCUT2D eigenvalue weighted by molar-refractivity contribution is 6.13. The van der Waals surface area contributed by atoms with Crippen molar-refractivity contribution < 1.29 is 5.11 Å². The maximum atomic E-state index is 6.88. The molecule has 10 heavy (non-hydrogen) atoms. The Morgan fingerprint density at radius 1 is 1.50 bits per heavy atom. The quantitative estimate of drug-likeness (QED) is 0.386. The molecule has 5 heteroatoms. The minimum atomic E-state index is 0.750. The lowest BCUT2D eigenvalue weighted by molar-refractivity contribution is 0.384. The van der Waals surface area contributed by atoms with Crippen LogP contribution in [-0.2, 0) is 0 Å². The van der Waals surface area contributed by atoms with Crippen molar-refractivity contribution in [1.29, 1.82) is 5.26 Å². The topological polar surface area (TPSA) is 59.3 Å². The van der Waals surface area contributed by atoms with Crippen molar-refractivity contribution in [3.05, 3.63) is 0 Å². The van der Waals surface area contributed by atoms with Crippen LogP contribution in [0.4, 0.5) is 0 Å². The second-order valence-electron chi connectivity index (χ2n) is 1.76. The van der Waals surface area contributed by atoms with E-state index in [1.165, 1.54) is 0 Å². The third kappa shape index (κ3) is 5.63. The molecule has 4 nitrogen and oxygen atoms in total. The van der Waals surface area contributed by atoms with Gasteiger partial charge < -0.3 is 10.4 Å². The monoisotopic (exact) mass is 163 g/mol. The summed E-state index contributed by atoms with van der Waals surface area (Å²) in [5, 5.41) is 16.9. The van der Waals surface area contributed by atoms with E-state index in [9.17, 15) is 0 Å². The van der Waals surface area contributed by atoms with Gasteiger partial charge in [0.15, 0.2) is 0 Å². The first-order valence-electron chi connectivity index (χ1n) is 2.96. The second kappa shape index (κ2) is 6.62. The molecule has 1 aliphatic rings. The van der Waals surface area contributed by atoms with Gasteiger partial charge in [-0.1, -0.05) is 0 Å². The summed E-state index contributed by atoms with van der Waals surface area (Å²) in [6.45, 7) is 4.01. The number of aliphatic hydroxyl groups is 1. The van der Waals surface area contributed by atoms with Gasteiger partial charge in [-0.25, -0.2) is 4.42 Å². The van der Waals surface area contributed by atoms with Crippen LogP contribution in [0.2, 0.25) is 0 Å². The van der Waals surface area contributed by atoms with Gasteiger partial charge in [0.05, 0.1) is 0 Å².